The summed E-state index contributed by atoms with van der Waals surface area (Å²) >= 11 is 0. The number of amides is 2. The molecule has 1 aromatic carbocycles. The molecule has 0 bridgehead atoms. The molecule has 1 unspecified atom stereocenters. The summed E-state index contributed by atoms with van der Waals surface area (Å²) in [5.74, 6) is 0.0220. The Morgan fingerprint density at radius 2 is 1.84 bits per heavy atom. The molecule has 2 saturated heterocycles. The van der Waals surface area contributed by atoms with E-state index in [1.807, 2.05) is 4.90 Å². The fourth-order valence-corrected chi connectivity index (χ4v) is 5.03. The zero-order valence-corrected chi connectivity index (χ0v) is 18.3. The minimum Gasteiger partial charge on any atom is -0.371 e. The molecule has 2 amide bonds. The van der Waals surface area contributed by atoms with Gasteiger partial charge in [-0.25, -0.2) is 0 Å². The van der Waals surface area contributed by atoms with Gasteiger partial charge in [-0.2, -0.15) is 18.4 Å². The van der Waals surface area contributed by atoms with Crippen molar-refractivity contribution in [1.29, 1.82) is 5.26 Å². The van der Waals surface area contributed by atoms with E-state index in [-0.39, 0.29) is 28.7 Å². The van der Waals surface area contributed by atoms with Crippen LogP contribution in [0.2, 0.25) is 0 Å². The number of carbonyl (C=O) groups excluding carboxylic acids is 2. The topological polar surface area (TPSA) is 67.7 Å². The Bertz CT molecular complexity index is 933. The van der Waals surface area contributed by atoms with E-state index in [9.17, 15) is 22.8 Å². The Labute approximate surface area is 185 Å². The minimum atomic E-state index is -4.59. The highest BCUT2D eigenvalue weighted by atomic mass is 19.4. The van der Waals surface area contributed by atoms with Crippen molar-refractivity contribution < 1.29 is 22.8 Å². The van der Waals surface area contributed by atoms with Crippen LogP contribution in [0.4, 0.5) is 18.9 Å². The van der Waals surface area contributed by atoms with Gasteiger partial charge in [0.15, 0.2) is 0 Å². The first-order valence-corrected chi connectivity index (χ1v) is 10.9. The number of hydrogen-bond donors (Lipinski definition) is 0. The van der Waals surface area contributed by atoms with Crippen LogP contribution in [-0.4, -0.2) is 61.4 Å². The van der Waals surface area contributed by atoms with Crippen molar-refractivity contribution in [1.82, 2.24) is 9.80 Å². The molecule has 1 saturated carbocycles. The average Bonchev–Trinajstić information content (AvgIpc) is 3.54. The van der Waals surface area contributed by atoms with Gasteiger partial charge >= 0.3 is 6.18 Å². The van der Waals surface area contributed by atoms with Gasteiger partial charge < -0.3 is 14.7 Å². The number of anilines is 1. The summed E-state index contributed by atoms with van der Waals surface area (Å²) in [4.78, 5) is 30.8. The highest BCUT2D eigenvalue weighted by Crippen LogP contribution is 2.46. The number of likely N-dealkylation sites (N-methyl/N-ethyl adjacent to an activating group) is 1. The maximum atomic E-state index is 13.4. The summed E-state index contributed by atoms with van der Waals surface area (Å²) in [6.45, 7) is 1.61. The number of hydrogen-bond acceptors (Lipinski definition) is 4. The van der Waals surface area contributed by atoms with Crippen molar-refractivity contribution >= 4 is 17.5 Å². The molecule has 2 aliphatic heterocycles. The van der Waals surface area contributed by atoms with Crippen molar-refractivity contribution in [2.75, 3.05) is 38.6 Å². The van der Waals surface area contributed by atoms with E-state index in [4.69, 9.17) is 5.26 Å². The van der Waals surface area contributed by atoms with Crippen molar-refractivity contribution in [2.45, 2.75) is 44.3 Å². The molecule has 0 aromatic heterocycles. The molecule has 0 radical (unpaired) electrons. The molecule has 4 rings (SSSR count). The summed E-state index contributed by atoms with van der Waals surface area (Å²) in [7, 11) is 3.39. The van der Waals surface area contributed by atoms with E-state index in [1.54, 1.807) is 31.1 Å². The predicted molar refractivity (Wildman–Crippen MR) is 112 cm³/mol. The molecule has 1 spiro atoms. The maximum Gasteiger partial charge on any atom is 0.417 e. The van der Waals surface area contributed by atoms with E-state index in [2.05, 4.69) is 0 Å². The lowest BCUT2D eigenvalue weighted by atomic mass is 9.76. The summed E-state index contributed by atoms with van der Waals surface area (Å²) in [6, 6.07) is 4.98. The number of nitrogens with zero attached hydrogens (tertiary/aromatic N) is 4. The van der Waals surface area contributed by atoms with Gasteiger partial charge in [-0.15, -0.1) is 0 Å². The van der Waals surface area contributed by atoms with Crippen LogP contribution >= 0.6 is 0 Å². The third kappa shape index (κ3) is 4.15. The average molecular weight is 448 g/mol. The SMILES string of the molecule is CN(C)C(=O)C1CC2(CCN(c3ccc(C#N)c(C(F)(F)F)c3)CC2)CN1C(=O)C1CC1. The van der Waals surface area contributed by atoms with Gasteiger partial charge in [0.05, 0.1) is 17.2 Å². The molecule has 0 N–H and O–H groups in total. The van der Waals surface area contributed by atoms with E-state index in [0.29, 0.717) is 44.6 Å². The number of benzene rings is 1. The van der Waals surface area contributed by atoms with Gasteiger partial charge in [0.2, 0.25) is 11.8 Å². The molecular formula is C23H27F3N4O2. The van der Waals surface area contributed by atoms with Gasteiger partial charge in [-0.05, 0) is 55.7 Å². The molecule has 32 heavy (non-hydrogen) atoms. The standard InChI is InChI=1S/C23H27F3N4O2/c1-28(2)21(32)19-12-22(14-30(19)20(31)15-3-4-15)7-9-29(10-8-22)17-6-5-16(13-27)18(11-17)23(24,25)26/h5-6,11,15,19H,3-4,7-10,12,14H2,1-2H3. The van der Waals surface area contributed by atoms with Crippen LogP contribution in [0.25, 0.3) is 0 Å². The van der Waals surface area contributed by atoms with Crippen LogP contribution in [0.5, 0.6) is 0 Å². The highest BCUT2D eigenvalue weighted by molar-refractivity contribution is 5.90. The van der Waals surface area contributed by atoms with Gasteiger partial charge in [-0.3, -0.25) is 9.59 Å². The molecule has 2 heterocycles. The second kappa shape index (κ2) is 7.98. The van der Waals surface area contributed by atoms with E-state index < -0.39 is 17.8 Å². The number of alkyl halides is 3. The summed E-state index contributed by atoms with van der Waals surface area (Å²) in [5.41, 5.74) is -1.06. The molecule has 3 aliphatic rings. The molecule has 1 atom stereocenters. The number of carbonyl (C=O) groups is 2. The second-order valence-electron chi connectivity index (χ2n) is 9.52. The van der Waals surface area contributed by atoms with Crippen LogP contribution in [0.15, 0.2) is 18.2 Å². The lowest BCUT2D eigenvalue weighted by Gasteiger charge is -2.40. The molecule has 172 valence electrons. The Balaban J connectivity index is 1.51. The highest BCUT2D eigenvalue weighted by Gasteiger charge is 2.52. The van der Waals surface area contributed by atoms with Crippen LogP contribution in [-0.2, 0) is 15.8 Å². The largest absolute Gasteiger partial charge is 0.417 e. The van der Waals surface area contributed by atoms with Crippen molar-refractivity contribution in [3.63, 3.8) is 0 Å². The quantitative estimate of drug-likeness (QED) is 0.712. The maximum absolute atomic E-state index is 13.4. The molecule has 1 aromatic rings. The van der Waals surface area contributed by atoms with Gasteiger partial charge in [-0.1, -0.05) is 0 Å². The number of likely N-dealkylation sites (tertiary alicyclic amines) is 1. The Morgan fingerprint density at radius 1 is 1.19 bits per heavy atom. The molecule has 6 nitrogen and oxygen atoms in total. The molecule has 9 heteroatoms. The van der Waals surface area contributed by atoms with Gasteiger partial charge in [0, 0.05) is 45.3 Å². The number of rotatable bonds is 3. The number of halogens is 3. The lowest BCUT2D eigenvalue weighted by Crippen LogP contribution is -2.46. The third-order valence-corrected chi connectivity index (χ3v) is 7.06. The van der Waals surface area contributed by atoms with Gasteiger partial charge in [0.25, 0.3) is 0 Å². The first-order valence-electron chi connectivity index (χ1n) is 10.9. The molecule has 1 aliphatic carbocycles. The zero-order chi connectivity index (χ0) is 23.3. The van der Waals surface area contributed by atoms with Crippen LogP contribution in [0.3, 0.4) is 0 Å². The third-order valence-electron chi connectivity index (χ3n) is 7.06. The monoisotopic (exact) mass is 448 g/mol. The van der Waals surface area contributed by atoms with E-state index in [1.165, 1.54) is 11.0 Å². The van der Waals surface area contributed by atoms with E-state index in [0.717, 1.165) is 18.9 Å². The summed E-state index contributed by atoms with van der Waals surface area (Å²) in [6.07, 6.45) is -0.858. The Morgan fingerprint density at radius 3 is 2.38 bits per heavy atom. The molecule has 3 fully saturated rings. The summed E-state index contributed by atoms with van der Waals surface area (Å²) < 4.78 is 40.1. The smallest absolute Gasteiger partial charge is 0.371 e. The van der Waals surface area contributed by atoms with Crippen LogP contribution < -0.4 is 4.90 Å². The fourth-order valence-electron chi connectivity index (χ4n) is 5.03. The Kier molecular flexibility index (Phi) is 5.60. The first kappa shape index (κ1) is 22.4. The lowest BCUT2D eigenvalue weighted by molar-refractivity contribution is -0.143. The number of nitriles is 1. The van der Waals surface area contributed by atoms with Crippen molar-refractivity contribution in [3.05, 3.63) is 29.3 Å². The normalized spacial score (nSPS) is 22.7. The zero-order valence-electron chi connectivity index (χ0n) is 18.3. The fraction of sp³-hybridized carbons (Fsp3) is 0.609. The predicted octanol–water partition coefficient (Wildman–Crippen LogP) is 3.26. The first-order chi connectivity index (χ1) is 15.0. The number of piperidine rings is 1. The van der Waals surface area contributed by atoms with Crippen LogP contribution in [0, 0.1) is 22.7 Å². The Hall–Kier alpha value is -2.76. The minimum absolute atomic E-state index is 0.0298. The second-order valence-corrected chi connectivity index (χ2v) is 9.52. The van der Waals surface area contributed by atoms with Crippen molar-refractivity contribution in [3.8, 4) is 6.07 Å². The van der Waals surface area contributed by atoms with Crippen LogP contribution in [0.1, 0.15) is 43.2 Å². The van der Waals surface area contributed by atoms with E-state index >= 15 is 0 Å². The van der Waals surface area contributed by atoms with Gasteiger partial charge in [0.1, 0.15) is 6.04 Å². The molecular weight excluding hydrogens is 421 g/mol. The van der Waals surface area contributed by atoms with Crippen molar-refractivity contribution in [2.24, 2.45) is 11.3 Å². The summed E-state index contributed by atoms with van der Waals surface area (Å²) in [5, 5.41) is 9.02.